The molecule has 0 aliphatic carbocycles. The quantitative estimate of drug-likeness (QED) is 0.635. The van der Waals surface area contributed by atoms with Gasteiger partial charge in [-0.25, -0.2) is 9.59 Å². The first-order valence-corrected chi connectivity index (χ1v) is 9.79. The van der Waals surface area contributed by atoms with E-state index >= 15 is 0 Å². The van der Waals surface area contributed by atoms with Gasteiger partial charge in [-0.2, -0.15) is 0 Å². The minimum absolute atomic E-state index is 0.343. The van der Waals surface area contributed by atoms with Crippen LogP contribution in [0.5, 0.6) is 0 Å². The molecule has 2 aromatic carbocycles. The fourth-order valence-electron chi connectivity index (χ4n) is 3.47. The third-order valence-electron chi connectivity index (χ3n) is 4.98. The van der Waals surface area contributed by atoms with Crippen LogP contribution in [0.4, 0.5) is 4.79 Å². The monoisotopic (exact) mass is 414 g/mol. The molecule has 0 bridgehead atoms. The number of halogens is 1. The fourth-order valence-corrected chi connectivity index (χ4v) is 3.68. The summed E-state index contributed by atoms with van der Waals surface area (Å²) in [6, 6.07) is 12.7. The van der Waals surface area contributed by atoms with Crippen LogP contribution in [0.2, 0.25) is 5.02 Å². The zero-order chi connectivity index (χ0) is 21.0. The Morgan fingerprint density at radius 3 is 2.66 bits per heavy atom. The van der Waals surface area contributed by atoms with Crippen LogP contribution < -0.4 is 16.0 Å². The highest BCUT2D eigenvalue weighted by atomic mass is 35.5. The second kappa shape index (κ2) is 9.11. The van der Waals surface area contributed by atoms with Crippen LogP contribution in [0, 0.1) is 13.8 Å². The van der Waals surface area contributed by atoms with Gasteiger partial charge in [-0.3, -0.25) is 0 Å². The number of aryl methyl sites for hydroxylation is 2. The highest BCUT2D eigenvalue weighted by Gasteiger charge is 2.34. The van der Waals surface area contributed by atoms with E-state index in [1.807, 2.05) is 61.6 Å². The molecule has 7 heteroatoms. The van der Waals surface area contributed by atoms with Crippen molar-refractivity contribution in [2.45, 2.75) is 26.4 Å². The molecule has 1 atom stereocenters. The van der Waals surface area contributed by atoms with Gasteiger partial charge in [0.05, 0.1) is 24.4 Å². The third kappa shape index (κ3) is 4.78. The van der Waals surface area contributed by atoms with Crippen LogP contribution in [0.15, 0.2) is 53.7 Å². The number of amides is 2. The average Bonchev–Trinajstić information content (AvgIpc) is 2.70. The van der Waals surface area contributed by atoms with E-state index in [4.69, 9.17) is 16.3 Å². The van der Waals surface area contributed by atoms with E-state index in [0.717, 1.165) is 22.3 Å². The Morgan fingerprint density at radius 1 is 1.17 bits per heavy atom. The lowest BCUT2D eigenvalue weighted by molar-refractivity contribution is -0.664. The second-order valence-corrected chi connectivity index (χ2v) is 7.47. The highest BCUT2D eigenvalue weighted by Crippen LogP contribution is 2.30. The summed E-state index contributed by atoms with van der Waals surface area (Å²) >= 11 is 6.22. The first kappa shape index (κ1) is 20.9. The van der Waals surface area contributed by atoms with Gasteiger partial charge in [-0.05, 0) is 31.0 Å². The molecule has 1 aliphatic heterocycles. The molecular weight excluding hydrogens is 390 g/mol. The van der Waals surface area contributed by atoms with Gasteiger partial charge < -0.3 is 20.7 Å². The van der Waals surface area contributed by atoms with Gasteiger partial charge in [0.1, 0.15) is 13.1 Å². The Morgan fingerprint density at radius 2 is 1.93 bits per heavy atom. The number of carbonyl (C=O) groups excluding carboxylic acids is 2. The first-order chi connectivity index (χ1) is 13.9. The van der Waals surface area contributed by atoms with Crippen molar-refractivity contribution < 1.29 is 19.6 Å². The van der Waals surface area contributed by atoms with Gasteiger partial charge in [0, 0.05) is 10.6 Å². The van der Waals surface area contributed by atoms with E-state index in [9.17, 15) is 9.59 Å². The van der Waals surface area contributed by atoms with Crippen molar-refractivity contribution in [3.05, 3.63) is 81.0 Å². The number of nitrogens with two attached hydrogens (primary N) is 1. The van der Waals surface area contributed by atoms with Crippen LogP contribution in [0.25, 0.3) is 0 Å². The molecule has 152 valence electrons. The van der Waals surface area contributed by atoms with Crippen molar-refractivity contribution >= 4 is 23.6 Å². The predicted octanol–water partition coefficient (Wildman–Crippen LogP) is 2.50. The molecule has 4 N–H and O–H groups in total. The lowest BCUT2D eigenvalue weighted by atomic mass is 9.91. The minimum Gasteiger partial charge on any atom is -0.466 e. The topological polar surface area (TPSA) is 84.0 Å². The summed E-state index contributed by atoms with van der Waals surface area (Å²) in [5, 5.41) is 8.33. The Balaban J connectivity index is 1.92. The zero-order valence-electron chi connectivity index (χ0n) is 16.7. The molecule has 0 radical (unpaired) electrons. The number of benzene rings is 2. The molecule has 3 rings (SSSR count). The number of carbonyl (C=O) groups is 2. The van der Waals surface area contributed by atoms with Crippen LogP contribution in [-0.2, 0) is 16.1 Å². The maximum atomic E-state index is 12.6. The normalized spacial score (nSPS) is 16.3. The van der Waals surface area contributed by atoms with Gasteiger partial charge in [0.15, 0.2) is 0 Å². The number of nitrogens with one attached hydrogen (secondary N) is 2. The molecule has 6 nitrogen and oxygen atoms in total. The number of esters is 1. The van der Waals surface area contributed by atoms with Gasteiger partial charge in [0.25, 0.3) is 0 Å². The average molecular weight is 415 g/mol. The molecule has 0 spiro atoms. The second-order valence-electron chi connectivity index (χ2n) is 7.06. The Kier molecular flexibility index (Phi) is 6.56. The molecule has 2 amide bonds. The number of ether oxygens (including phenoxy) is 1. The summed E-state index contributed by atoms with van der Waals surface area (Å²) in [6.45, 7) is 4.96. The predicted molar refractivity (Wildman–Crippen MR) is 111 cm³/mol. The molecule has 0 unspecified atom stereocenters. The molecule has 1 aliphatic rings. The number of rotatable bonds is 6. The van der Waals surface area contributed by atoms with Crippen LogP contribution in [-0.4, -0.2) is 25.7 Å². The molecule has 1 heterocycles. The molecule has 2 aromatic rings. The maximum absolute atomic E-state index is 12.6. The maximum Gasteiger partial charge on any atom is 0.338 e. The largest absolute Gasteiger partial charge is 0.466 e. The van der Waals surface area contributed by atoms with Crippen molar-refractivity contribution in [2.75, 3.05) is 13.7 Å². The number of hydrogen-bond donors (Lipinski definition) is 3. The van der Waals surface area contributed by atoms with Crippen molar-refractivity contribution in [3.63, 3.8) is 0 Å². The van der Waals surface area contributed by atoms with Gasteiger partial charge in [0.2, 0.25) is 0 Å². The van der Waals surface area contributed by atoms with Gasteiger partial charge in [-0.1, -0.05) is 53.6 Å². The zero-order valence-corrected chi connectivity index (χ0v) is 17.5. The van der Waals surface area contributed by atoms with Crippen molar-refractivity contribution in [1.82, 2.24) is 10.6 Å². The standard InChI is InChI=1S/C22H24ClN3O3/c1-13-8-9-14(2)16(10-13)20-19(21(27)29-3)18(25-22(28)26-20)12-24-11-15-6-4-5-7-17(15)23/h4-10,20,24H,11-12H2,1-3H3,(H2,25,26,28)/p+1/t20-/m1/s1. The van der Waals surface area contributed by atoms with E-state index in [2.05, 4.69) is 10.6 Å². The minimum atomic E-state index is -0.570. The number of methoxy groups -OCH3 is 1. The number of hydrogen-bond acceptors (Lipinski definition) is 3. The summed E-state index contributed by atoms with van der Waals surface area (Å²) in [5.41, 5.74) is 4.86. The van der Waals surface area contributed by atoms with Crippen LogP contribution in [0.3, 0.4) is 0 Å². The van der Waals surface area contributed by atoms with E-state index < -0.39 is 12.0 Å². The van der Waals surface area contributed by atoms with Crippen LogP contribution >= 0.6 is 11.6 Å². The Hall–Kier alpha value is -2.83. The summed E-state index contributed by atoms with van der Waals surface area (Å²) < 4.78 is 5.04. The van der Waals surface area contributed by atoms with Crippen molar-refractivity contribution in [1.29, 1.82) is 0 Å². The van der Waals surface area contributed by atoms with E-state index in [0.29, 0.717) is 29.4 Å². The van der Waals surface area contributed by atoms with E-state index in [1.54, 1.807) is 0 Å². The SMILES string of the molecule is COC(=O)C1=C(C[NH2+]Cc2ccccc2Cl)NC(=O)N[C@@H]1c1cc(C)ccc1C. The summed E-state index contributed by atoms with van der Waals surface area (Å²) in [5.74, 6) is -0.468. The lowest BCUT2D eigenvalue weighted by Crippen LogP contribution is -2.84. The molecular formula is C22H25ClN3O3+. The van der Waals surface area contributed by atoms with Crippen LogP contribution in [0.1, 0.15) is 28.3 Å². The molecule has 29 heavy (non-hydrogen) atoms. The molecule has 0 saturated heterocycles. The summed E-state index contributed by atoms with van der Waals surface area (Å²) in [4.78, 5) is 25.0. The summed E-state index contributed by atoms with van der Waals surface area (Å²) in [6.07, 6.45) is 0. The van der Waals surface area contributed by atoms with Gasteiger partial charge in [-0.15, -0.1) is 0 Å². The smallest absolute Gasteiger partial charge is 0.338 e. The number of urea groups is 1. The number of quaternary nitrogens is 1. The van der Waals surface area contributed by atoms with E-state index in [-0.39, 0.29) is 6.03 Å². The molecule has 0 aromatic heterocycles. The third-order valence-corrected chi connectivity index (χ3v) is 5.34. The van der Waals surface area contributed by atoms with Crippen molar-refractivity contribution in [2.24, 2.45) is 0 Å². The lowest BCUT2D eigenvalue weighted by Gasteiger charge is -2.29. The Bertz CT molecular complexity index is 972. The van der Waals surface area contributed by atoms with E-state index in [1.165, 1.54) is 7.11 Å². The van der Waals surface area contributed by atoms with Gasteiger partial charge >= 0.3 is 12.0 Å². The van der Waals surface area contributed by atoms with Crippen molar-refractivity contribution in [3.8, 4) is 0 Å². The first-order valence-electron chi connectivity index (χ1n) is 9.41. The summed E-state index contributed by atoms with van der Waals surface area (Å²) in [7, 11) is 1.34. The highest BCUT2D eigenvalue weighted by molar-refractivity contribution is 6.31. The Labute approximate surface area is 175 Å². The molecule has 0 fully saturated rings. The molecule has 0 saturated carbocycles. The fraction of sp³-hybridized carbons (Fsp3) is 0.273.